The molecule has 0 aromatic rings. The third-order valence-electron chi connectivity index (χ3n) is 8.57. The molecule has 6 aliphatic rings. The lowest BCUT2D eigenvalue weighted by atomic mass is 9.68. The second-order valence-electron chi connectivity index (χ2n) is 9.52. The van der Waals surface area contributed by atoms with E-state index in [2.05, 4.69) is 18.7 Å². The van der Waals surface area contributed by atoms with E-state index in [1.165, 1.54) is 0 Å². The average molecular weight is 403 g/mol. The topological polar surface area (TPSA) is 77.5 Å². The van der Waals surface area contributed by atoms with Crippen LogP contribution in [0.15, 0.2) is 22.9 Å². The summed E-state index contributed by atoms with van der Waals surface area (Å²) >= 11 is 0. The Labute approximate surface area is 170 Å². The molecule has 6 unspecified atom stereocenters. The minimum absolute atomic E-state index is 0.000322. The van der Waals surface area contributed by atoms with Gasteiger partial charge in [-0.05, 0) is 32.7 Å². The molecule has 1 N–H and O–H groups in total. The summed E-state index contributed by atoms with van der Waals surface area (Å²) in [5.74, 6) is 0.736. The number of allylic oxidation sites excluding steroid dienone is 1. The van der Waals surface area contributed by atoms with Gasteiger partial charge in [-0.1, -0.05) is 20.3 Å². The first-order valence-electron chi connectivity index (χ1n) is 10.9. The van der Waals surface area contributed by atoms with Crippen LogP contribution in [0.2, 0.25) is 0 Å². The molecule has 6 aliphatic heterocycles. The smallest absolute Gasteiger partial charge is 0.343 e. The van der Waals surface area contributed by atoms with Gasteiger partial charge in [0.25, 0.3) is 0 Å². The van der Waals surface area contributed by atoms with Crippen molar-refractivity contribution in [3.8, 4) is 0 Å². The molecule has 5 fully saturated rings. The van der Waals surface area contributed by atoms with Gasteiger partial charge in [-0.2, -0.15) is 0 Å². The van der Waals surface area contributed by atoms with Gasteiger partial charge in [0, 0.05) is 17.9 Å². The molecule has 6 heterocycles. The highest BCUT2D eigenvalue weighted by Gasteiger charge is 2.85. The largest absolute Gasteiger partial charge is 0.492 e. The number of nitrogens with zero attached hydrogens (tertiary/aromatic N) is 1. The van der Waals surface area contributed by atoms with Gasteiger partial charge in [0.1, 0.15) is 5.76 Å². The third kappa shape index (κ3) is 1.77. The van der Waals surface area contributed by atoms with Gasteiger partial charge in [-0.3, -0.25) is 4.90 Å². The van der Waals surface area contributed by atoms with Crippen LogP contribution in [0.4, 0.5) is 0 Å². The Bertz CT molecular complexity index is 865. The van der Waals surface area contributed by atoms with Crippen LogP contribution >= 0.6 is 0 Å². The fourth-order valence-electron chi connectivity index (χ4n) is 7.74. The molecule has 0 radical (unpaired) electrons. The Balaban J connectivity index is 1.48. The predicted molar refractivity (Wildman–Crippen MR) is 101 cm³/mol. The predicted octanol–water partition coefficient (Wildman–Crippen LogP) is 2.06. The first-order chi connectivity index (χ1) is 13.9. The fraction of sp³-hybridized carbons (Fsp3) is 0.773. The van der Waals surface area contributed by atoms with Gasteiger partial charge in [-0.25, -0.2) is 4.79 Å². The number of aliphatic hydroxyl groups is 1. The standard InChI is InChI=1S/C22H29NO6/c1-5-6-14(24)21-13-7-8-23(21)12-9-15(21)28-22(13)16(12)10(2)18(29-22)19-17(26-4)11(3)20(25)27-19/h10,12-16,24H,5-9H2,1-4H3/b19-18-/t10-,12?,13?,14+,15?,16?,21?,22-/m1/s1. The summed E-state index contributed by atoms with van der Waals surface area (Å²) in [7, 11) is 1.55. The molecule has 9 atom stereocenters. The molecule has 0 aliphatic carbocycles. The van der Waals surface area contributed by atoms with Gasteiger partial charge in [-0.15, -0.1) is 0 Å². The van der Waals surface area contributed by atoms with E-state index in [9.17, 15) is 9.90 Å². The van der Waals surface area contributed by atoms with E-state index in [0.717, 1.165) is 32.2 Å². The number of piperidine rings is 1. The number of hydrogen-bond donors (Lipinski definition) is 1. The minimum atomic E-state index is -0.737. The Morgan fingerprint density at radius 3 is 2.93 bits per heavy atom. The van der Waals surface area contributed by atoms with Gasteiger partial charge < -0.3 is 24.1 Å². The van der Waals surface area contributed by atoms with E-state index < -0.39 is 11.9 Å². The molecule has 158 valence electrons. The molecule has 5 bridgehead atoms. The lowest BCUT2D eigenvalue weighted by molar-refractivity contribution is -0.257. The SMILES string of the molecule is CCC[C@H](O)C12C3CC4C5[C@@H](C)/C(=C6/OC(=O)C(C)=C6OC)O[C@]5(O3)C1CCN42. The van der Waals surface area contributed by atoms with Crippen molar-refractivity contribution in [1.82, 2.24) is 4.90 Å². The molecule has 0 saturated carbocycles. The summed E-state index contributed by atoms with van der Waals surface area (Å²) in [5.41, 5.74) is 0.131. The maximum atomic E-state index is 12.2. The number of hydrogen-bond acceptors (Lipinski definition) is 7. The summed E-state index contributed by atoms with van der Waals surface area (Å²) in [6.45, 7) is 6.96. The van der Waals surface area contributed by atoms with Crippen LogP contribution in [0.1, 0.15) is 46.5 Å². The van der Waals surface area contributed by atoms with Crippen LogP contribution in [-0.4, -0.2) is 59.2 Å². The number of methoxy groups -OCH3 is 1. The highest BCUT2D eigenvalue weighted by atomic mass is 16.7. The first-order valence-corrected chi connectivity index (χ1v) is 10.9. The van der Waals surface area contributed by atoms with Crippen LogP contribution in [0, 0.1) is 17.8 Å². The number of rotatable bonds is 4. The summed E-state index contributed by atoms with van der Waals surface area (Å²) in [6.07, 6.45) is 3.21. The molecule has 7 heteroatoms. The maximum Gasteiger partial charge on any atom is 0.343 e. The second kappa shape index (κ2) is 5.56. The number of carbonyl (C=O) groups excluding carboxylic acids is 1. The Morgan fingerprint density at radius 1 is 1.41 bits per heavy atom. The molecule has 6 rings (SSSR count). The van der Waals surface area contributed by atoms with E-state index in [1.54, 1.807) is 14.0 Å². The number of cyclic esters (lactones) is 1. The number of ether oxygens (including phenoxy) is 4. The zero-order valence-electron chi connectivity index (χ0n) is 17.4. The number of aliphatic hydroxyl groups excluding tert-OH is 1. The summed E-state index contributed by atoms with van der Waals surface area (Å²) in [6, 6.07) is 0.320. The average Bonchev–Trinajstić information content (AvgIpc) is 3.40. The Morgan fingerprint density at radius 2 is 2.21 bits per heavy atom. The van der Waals surface area contributed by atoms with E-state index >= 15 is 0 Å². The van der Waals surface area contributed by atoms with Crippen molar-refractivity contribution in [2.24, 2.45) is 17.8 Å². The van der Waals surface area contributed by atoms with Gasteiger partial charge in [0.15, 0.2) is 5.76 Å². The van der Waals surface area contributed by atoms with Crippen LogP contribution in [-0.2, 0) is 23.7 Å². The van der Waals surface area contributed by atoms with Crippen LogP contribution < -0.4 is 0 Å². The van der Waals surface area contributed by atoms with Crippen LogP contribution in [0.3, 0.4) is 0 Å². The molecule has 1 spiro atoms. The normalized spacial score (nSPS) is 52.2. The number of carbonyl (C=O) groups is 1. The molecular formula is C22H29NO6. The van der Waals surface area contributed by atoms with Gasteiger partial charge in [0.2, 0.25) is 11.5 Å². The van der Waals surface area contributed by atoms with E-state index in [-0.39, 0.29) is 35.4 Å². The number of fused-ring (bicyclic) bond motifs is 1. The van der Waals surface area contributed by atoms with Crippen LogP contribution in [0.25, 0.3) is 0 Å². The molecule has 0 aromatic heterocycles. The van der Waals surface area contributed by atoms with E-state index in [0.29, 0.717) is 28.9 Å². The summed E-state index contributed by atoms with van der Waals surface area (Å²) in [4.78, 5) is 14.7. The molecular weight excluding hydrogens is 374 g/mol. The molecule has 0 amide bonds. The van der Waals surface area contributed by atoms with Crippen molar-refractivity contribution in [3.05, 3.63) is 22.9 Å². The lowest BCUT2D eigenvalue weighted by Crippen LogP contribution is -2.65. The maximum absolute atomic E-state index is 12.2. The highest BCUT2D eigenvalue weighted by Crippen LogP contribution is 2.73. The Kier molecular flexibility index (Phi) is 3.49. The molecule has 0 aromatic carbocycles. The quantitative estimate of drug-likeness (QED) is 0.720. The van der Waals surface area contributed by atoms with Crippen molar-refractivity contribution in [3.63, 3.8) is 0 Å². The van der Waals surface area contributed by atoms with Gasteiger partial charge >= 0.3 is 5.97 Å². The monoisotopic (exact) mass is 403 g/mol. The summed E-state index contributed by atoms with van der Waals surface area (Å²) in [5, 5.41) is 11.3. The molecule has 7 nitrogen and oxygen atoms in total. The van der Waals surface area contributed by atoms with Crippen molar-refractivity contribution in [2.45, 2.75) is 76.0 Å². The number of esters is 1. The highest BCUT2D eigenvalue weighted by molar-refractivity contribution is 5.93. The Hall–Kier alpha value is -1.57. The second-order valence-corrected chi connectivity index (χ2v) is 9.52. The molecule has 5 saturated heterocycles. The molecule has 29 heavy (non-hydrogen) atoms. The van der Waals surface area contributed by atoms with Gasteiger partial charge in [0.05, 0.1) is 36.3 Å². The summed E-state index contributed by atoms with van der Waals surface area (Å²) < 4.78 is 24.4. The fourth-order valence-corrected chi connectivity index (χ4v) is 7.74. The van der Waals surface area contributed by atoms with Crippen molar-refractivity contribution in [1.29, 1.82) is 0 Å². The lowest BCUT2D eigenvalue weighted by Gasteiger charge is -2.49. The third-order valence-corrected chi connectivity index (χ3v) is 8.57. The van der Waals surface area contributed by atoms with E-state index in [4.69, 9.17) is 18.9 Å². The van der Waals surface area contributed by atoms with Crippen molar-refractivity contribution in [2.75, 3.05) is 13.7 Å². The van der Waals surface area contributed by atoms with Crippen molar-refractivity contribution >= 4 is 5.97 Å². The minimum Gasteiger partial charge on any atom is -0.492 e. The zero-order valence-corrected chi connectivity index (χ0v) is 17.4. The zero-order chi connectivity index (χ0) is 20.3. The van der Waals surface area contributed by atoms with Crippen LogP contribution in [0.5, 0.6) is 0 Å². The first kappa shape index (κ1) is 18.2. The van der Waals surface area contributed by atoms with Crippen molar-refractivity contribution < 1.29 is 28.8 Å². The van der Waals surface area contributed by atoms with E-state index in [1.807, 2.05) is 0 Å².